The molecule has 0 saturated heterocycles. The zero-order valence-electron chi connectivity index (χ0n) is 13.9. The number of nitriles is 1. The van der Waals surface area contributed by atoms with Gasteiger partial charge in [0.25, 0.3) is 5.91 Å². The molecule has 3 aromatic rings. The van der Waals surface area contributed by atoms with E-state index in [0.29, 0.717) is 22.8 Å². The van der Waals surface area contributed by atoms with Crippen molar-refractivity contribution in [3.05, 3.63) is 71.9 Å². The van der Waals surface area contributed by atoms with E-state index in [0.717, 1.165) is 5.69 Å². The summed E-state index contributed by atoms with van der Waals surface area (Å²) < 4.78 is 5.27. The van der Waals surface area contributed by atoms with Crippen molar-refractivity contribution in [3.8, 4) is 11.8 Å². The molecular weight excluding hydrogens is 330 g/mol. The van der Waals surface area contributed by atoms with Crippen LogP contribution in [0.3, 0.4) is 0 Å². The molecule has 0 aliphatic heterocycles. The van der Waals surface area contributed by atoms with Crippen molar-refractivity contribution >= 4 is 23.1 Å². The van der Waals surface area contributed by atoms with Crippen molar-refractivity contribution in [2.24, 2.45) is 0 Å². The number of carbonyl (C=O) groups is 1. The van der Waals surface area contributed by atoms with E-state index in [9.17, 15) is 4.79 Å². The number of ether oxygens (including phenoxy) is 1. The van der Waals surface area contributed by atoms with E-state index in [1.807, 2.05) is 30.3 Å². The molecular formula is C19H15N5O2. The molecule has 0 radical (unpaired) electrons. The first kappa shape index (κ1) is 16.9. The van der Waals surface area contributed by atoms with Crippen LogP contribution < -0.4 is 15.4 Å². The number of nitrogens with one attached hydrogen (secondary N) is 2. The maximum atomic E-state index is 12.2. The van der Waals surface area contributed by atoms with Crippen LogP contribution in [0.5, 0.6) is 5.75 Å². The predicted octanol–water partition coefficient (Wildman–Crippen LogP) is 3.35. The SMILES string of the molecule is COc1ccccc1Nc1ccc(C(=O)Nc2ccc(C#N)cc2)nn1. The molecule has 3 rings (SSSR count). The summed E-state index contributed by atoms with van der Waals surface area (Å²) in [5.41, 5.74) is 2.03. The smallest absolute Gasteiger partial charge is 0.276 e. The fourth-order valence-electron chi connectivity index (χ4n) is 2.23. The zero-order valence-corrected chi connectivity index (χ0v) is 13.9. The van der Waals surface area contributed by atoms with Gasteiger partial charge in [0.2, 0.25) is 0 Å². The molecule has 7 heteroatoms. The monoisotopic (exact) mass is 345 g/mol. The number of nitrogens with zero attached hydrogens (tertiary/aromatic N) is 3. The van der Waals surface area contributed by atoms with Crippen LogP contribution in [0.4, 0.5) is 17.2 Å². The molecule has 0 spiro atoms. The molecule has 0 aliphatic rings. The van der Waals surface area contributed by atoms with Gasteiger partial charge in [-0.05, 0) is 48.5 Å². The van der Waals surface area contributed by atoms with Crippen LogP contribution in [-0.2, 0) is 0 Å². The van der Waals surface area contributed by atoms with Gasteiger partial charge in [-0.2, -0.15) is 5.26 Å². The highest BCUT2D eigenvalue weighted by atomic mass is 16.5. The summed E-state index contributed by atoms with van der Waals surface area (Å²) in [7, 11) is 1.59. The summed E-state index contributed by atoms with van der Waals surface area (Å²) in [6.45, 7) is 0. The van der Waals surface area contributed by atoms with Crippen molar-refractivity contribution in [3.63, 3.8) is 0 Å². The van der Waals surface area contributed by atoms with E-state index < -0.39 is 0 Å². The summed E-state index contributed by atoms with van der Waals surface area (Å²) in [6, 6.07) is 19.2. The van der Waals surface area contributed by atoms with E-state index >= 15 is 0 Å². The maximum absolute atomic E-state index is 12.2. The molecule has 1 amide bonds. The second-order valence-corrected chi connectivity index (χ2v) is 5.27. The number of para-hydroxylation sites is 2. The summed E-state index contributed by atoms with van der Waals surface area (Å²) in [4.78, 5) is 12.2. The van der Waals surface area contributed by atoms with Gasteiger partial charge in [-0.3, -0.25) is 4.79 Å². The van der Waals surface area contributed by atoms with Crippen LogP contribution in [0.1, 0.15) is 16.1 Å². The predicted molar refractivity (Wildman–Crippen MR) is 97.4 cm³/mol. The first-order chi connectivity index (χ1) is 12.7. The average molecular weight is 345 g/mol. The lowest BCUT2D eigenvalue weighted by Crippen LogP contribution is -2.14. The Morgan fingerprint density at radius 3 is 2.46 bits per heavy atom. The van der Waals surface area contributed by atoms with Gasteiger partial charge in [0.05, 0.1) is 24.4 Å². The number of carbonyl (C=O) groups excluding carboxylic acids is 1. The van der Waals surface area contributed by atoms with E-state index in [-0.39, 0.29) is 11.6 Å². The normalized spacial score (nSPS) is 9.85. The summed E-state index contributed by atoms with van der Waals surface area (Å²) in [5, 5.41) is 22.5. The largest absolute Gasteiger partial charge is 0.495 e. The molecule has 0 atom stereocenters. The Hall–Kier alpha value is -3.92. The Morgan fingerprint density at radius 1 is 1.04 bits per heavy atom. The maximum Gasteiger partial charge on any atom is 0.276 e. The van der Waals surface area contributed by atoms with Crippen LogP contribution in [0, 0.1) is 11.3 Å². The standard InChI is InChI=1S/C19H15N5O2/c1-26-17-5-3-2-4-15(17)22-18-11-10-16(23-24-18)19(25)21-14-8-6-13(12-20)7-9-14/h2-11H,1H3,(H,21,25)(H,22,24). The average Bonchev–Trinajstić information content (AvgIpc) is 2.69. The van der Waals surface area contributed by atoms with Gasteiger partial charge in [0.1, 0.15) is 5.75 Å². The van der Waals surface area contributed by atoms with Gasteiger partial charge in [-0.25, -0.2) is 0 Å². The number of aromatic nitrogens is 2. The van der Waals surface area contributed by atoms with Crippen LogP contribution in [0.2, 0.25) is 0 Å². The van der Waals surface area contributed by atoms with Crippen LogP contribution >= 0.6 is 0 Å². The molecule has 1 heterocycles. The molecule has 0 bridgehead atoms. The molecule has 128 valence electrons. The molecule has 0 saturated carbocycles. The molecule has 7 nitrogen and oxygen atoms in total. The van der Waals surface area contributed by atoms with Gasteiger partial charge in [0.15, 0.2) is 11.5 Å². The van der Waals surface area contributed by atoms with E-state index in [1.165, 1.54) is 0 Å². The number of rotatable bonds is 5. The Morgan fingerprint density at radius 2 is 1.81 bits per heavy atom. The Labute approximate surface area is 150 Å². The molecule has 1 aromatic heterocycles. The van der Waals surface area contributed by atoms with Crippen molar-refractivity contribution in [1.29, 1.82) is 5.26 Å². The zero-order chi connectivity index (χ0) is 18.4. The van der Waals surface area contributed by atoms with E-state index in [4.69, 9.17) is 10.00 Å². The molecule has 2 aromatic carbocycles. The fraction of sp³-hybridized carbons (Fsp3) is 0.0526. The van der Waals surface area contributed by atoms with Crippen molar-refractivity contribution in [2.45, 2.75) is 0 Å². The minimum atomic E-state index is -0.383. The molecule has 0 aliphatic carbocycles. The van der Waals surface area contributed by atoms with Crippen molar-refractivity contribution < 1.29 is 9.53 Å². The lowest BCUT2D eigenvalue weighted by molar-refractivity contribution is 0.102. The lowest BCUT2D eigenvalue weighted by atomic mass is 10.2. The third-order valence-electron chi connectivity index (χ3n) is 3.54. The summed E-state index contributed by atoms with van der Waals surface area (Å²) in [6.07, 6.45) is 0. The number of amides is 1. The number of methoxy groups -OCH3 is 1. The third-order valence-corrected chi connectivity index (χ3v) is 3.54. The van der Waals surface area contributed by atoms with Gasteiger partial charge in [-0.1, -0.05) is 12.1 Å². The molecule has 2 N–H and O–H groups in total. The highest BCUT2D eigenvalue weighted by Gasteiger charge is 2.10. The Kier molecular flexibility index (Phi) is 5.05. The topological polar surface area (TPSA) is 99.9 Å². The summed E-state index contributed by atoms with van der Waals surface area (Å²) >= 11 is 0. The lowest BCUT2D eigenvalue weighted by Gasteiger charge is -2.10. The van der Waals surface area contributed by atoms with Gasteiger partial charge >= 0.3 is 0 Å². The van der Waals surface area contributed by atoms with E-state index in [1.54, 1.807) is 43.5 Å². The van der Waals surface area contributed by atoms with Crippen molar-refractivity contribution in [1.82, 2.24) is 10.2 Å². The molecule has 26 heavy (non-hydrogen) atoms. The quantitative estimate of drug-likeness (QED) is 0.735. The van der Waals surface area contributed by atoms with Crippen LogP contribution in [0.25, 0.3) is 0 Å². The number of hydrogen-bond donors (Lipinski definition) is 2. The highest BCUT2D eigenvalue weighted by molar-refractivity contribution is 6.02. The first-order valence-corrected chi connectivity index (χ1v) is 7.75. The Balaban J connectivity index is 1.68. The summed E-state index contributed by atoms with van der Waals surface area (Å²) in [5.74, 6) is 0.785. The van der Waals surface area contributed by atoms with Gasteiger partial charge in [-0.15, -0.1) is 10.2 Å². The van der Waals surface area contributed by atoms with Gasteiger partial charge < -0.3 is 15.4 Å². The third kappa shape index (κ3) is 3.94. The Bertz CT molecular complexity index is 947. The number of hydrogen-bond acceptors (Lipinski definition) is 6. The molecule has 0 unspecified atom stereocenters. The minimum absolute atomic E-state index is 0.180. The minimum Gasteiger partial charge on any atom is -0.495 e. The van der Waals surface area contributed by atoms with Gasteiger partial charge in [0, 0.05) is 5.69 Å². The van der Waals surface area contributed by atoms with Crippen molar-refractivity contribution in [2.75, 3.05) is 17.7 Å². The van der Waals surface area contributed by atoms with Crippen LogP contribution in [-0.4, -0.2) is 23.2 Å². The molecule has 0 fully saturated rings. The second kappa shape index (κ2) is 7.77. The fourth-order valence-corrected chi connectivity index (χ4v) is 2.23. The first-order valence-electron chi connectivity index (χ1n) is 7.75. The second-order valence-electron chi connectivity index (χ2n) is 5.27. The number of benzene rings is 2. The number of anilines is 3. The van der Waals surface area contributed by atoms with E-state index in [2.05, 4.69) is 20.8 Å². The highest BCUT2D eigenvalue weighted by Crippen LogP contribution is 2.25. The van der Waals surface area contributed by atoms with Crippen LogP contribution in [0.15, 0.2) is 60.7 Å².